The molecule has 0 spiro atoms. The molecule has 6 nitrogen and oxygen atoms in total. The Labute approximate surface area is 118 Å². The monoisotopic (exact) mass is 279 g/mol. The number of aliphatic hydroxyl groups is 1. The van der Waals surface area contributed by atoms with E-state index in [4.69, 9.17) is 0 Å². The summed E-state index contributed by atoms with van der Waals surface area (Å²) < 4.78 is 0. The summed E-state index contributed by atoms with van der Waals surface area (Å²) in [7, 11) is 3.93. The van der Waals surface area contributed by atoms with Crippen molar-refractivity contribution in [3.05, 3.63) is 33.9 Å². The van der Waals surface area contributed by atoms with E-state index in [1.807, 2.05) is 36.9 Å². The molecule has 0 aliphatic carbocycles. The highest BCUT2D eigenvalue weighted by atomic mass is 16.6. The predicted molar refractivity (Wildman–Crippen MR) is 78.1 cm³/mol. The summed E-state index contributed by atoms with van der Waals surface area (Å²) >= 11 is 0. The summed E-state index contributed by atoms with van der Waals surface area (Å²) in [4.78, 5) is 14.9. The van der Waals surface area contributed by atoms with Crippen LogP contribution in [0.3, 0.4) is 0 Å². The highest BCUT2D eigenvalue weighted by Gasteiger charge is 2.35. The molecule has 6 heteroatoms. The molecule has 0 aromatic heterocycles. The van der Waals surface area contributed by atoms with Crippen molar-refractivity contribution in [2.24, 2.45) is 0 Å². The molecule has 0 saturated carbocycles. The van der Waals surface area contributed by atoms with Crippen LogP contribution >= 0.6 is 0 Å². The molecule has 1 fully saturated rings. The van der Waals surface area contributed by atoms with Gasteiger partial charge in [0.1, 0.15) is 5.69 Å². The fourth-order valence-corrected chi connectivity index (χ4v) is 2.92. The Morgan fingerprint density at radius 3 is 2.80 bits per heavy atom. The van der Waals surface area contributed by atoms with Gasteiger partial charge in [0.2, 0.25) is 0 Å². The van der Waals surface area contributed by atoms with E-state index in [9.17, 15) is 15.2 Å². The summed E-state index contributed by atoms with van der Waals surface area (Å²) in [6.07, 6.45) is 0.211. The molecule has 2 rings (SSSR count). The van der Waals surface area contributed by atoms with E-state index in [2.05, 4.69) is 0 Å². The minimum Gasteiger partial charge on any atom is -0.391 e. The molecule has 20 heavy (non-hydrogen) atoms. The SMILES string of the molecule is Cc1cccc([N+](=O)[O-])c1N1CC(O)CC1CN(C)C. The van der Waals surface area contributed by atoms with Crippen molar-refractivity contribution in [3.8, 4) is 0 Å². The molecule has 1 aliphatic heterocycles. The van der Waals surface area contributed by atoms with E-state index in [0.717, 1.165) is 12.1 Å². The number of para-hydroxylation sites is 1. The Balaban J connectivity index is 2.41. The van der Waals surface area contributed by atoms with Gasteiger partial charge in [0.15, 0.2) is 0 Å². The van der Waals surface area contributed by atoms with Gasteiger partial charge in [-0.15, -0.1) is 0 Å². The number of hydrogen-bond donors (Lipinski definition) is 1. The van der Waals surface area contributed by atoms with Crippen molar-refractivity contribution in [2.75, 3.05) is 32.1 Å². The van der Waals surface area contributed by atoms with Gasteiger partial charge in [-0.05, 0) is 33.0 Å². The molecule has 2 atom stereocenters. The zero-order valence-electron chi connectivity index (χ0n) is 12.1. The summed E-state index contributed by atoms with van der Waals surface area (Å²) in [5.74, 6) is 0. The second-order valence-corrected chi connectivity index (χ2v) is 5.66. The average molecular weight is 279 g/mol. The fourth-order valence-electron chi connectivity index (χ4n) is 2.92. The number of hydrogen-bond acceptors (Lipinski definition) is 5. The zero-order valence-corrected chi connectivity index (χ0v) is 12.1. The third-order valence-electron chi connectivity index (χ3n) is 3.67. The van der Waals surface area contributed by atoms with Crippen LogP contribution in [0.1, 0.15) is 12.0 Å². The molecular formula is C14H21N3O3. The third kappa shape index (κ3) is 2.91. The van der Waals surface area contributed by atoms with Crippen molar-refractivity contribution in [3.63, 3.8) is 0 Å². The van der Waals surface area contributed by atoms with E-state index < -0.39 is 6.10 Å². The van der Waals surface area contributed by atoms with Gasteiger partial charge in [0, 0.05) is 25.2 Å². The summed E-state index contributed by atoms with van der Waals surface area (Å²) in [5, 5.41) is 21.2. The number of nitro groups is 1. The van der Waals surface area contributed by atoms with Gasteiger partial charge in [-0.25, -0.2) is 0 Å². The van der Waals surface area contributed by atoms with Crippen LogP contribution in [-0.2, 0) is 0 Å². The lowest BCUT2D eigenvalue weighted by Crippen LogP contribution is -2.38. The van der Waals surface area contributed by atoms with Crippen LogP contribution in [0.2, 0.25) is 0 Å². The van der Waals surface area contributed by atoms with Crippen LogP contribution in [0.4, 0.5) is 11.4 Å². The van der Waals surface area contributed by atoms with Crippen molar-refractivity contribution in [2.45, 2.75) is 25.5 Å². The molecule has 1 aliphatic rings. The Hall–Kier alpha value is -1.66. The Kier molecular flexibility index (Phi) is 4.25. The van der Waals surface area contributed by atoms with Crippen molar-refractivity contribution < 1.29 is 10.0 Å². The molecule has 1 heterocycles. The Morgan fingerprint density at radius 1 is 1.50 bits per heavy atom. The normalized spacial score (nSPS) is 22.6. The summed E-state index contributed by atoms with van der Waals surface area (Å²) in [5.41, 5.74) is 1.63. The van der Waals surface area contributed by atoms with Gasteiger partial charge in [-0.2, -0.15) is 0 Å². The minimum absolute atomic E-state index is 0.0970. The summed E-state index contributed by atoms with van der Waals surface area (Å²) in [6, 6.07) is 5.20. The number of aryl methyl sites for hydroxylation is 1. The number of anilines is 1. The van der Waals surface area contributed by atoms with Crippen molar-refractivity contribution in [1.82, 2.24) is 4.90 Å². The number of β-amino-alcohol motifs (C(OH)–C–C–N with tert-alkyl or cyclic N) is 1. The maximum Gasteiger partial charge on any atom is 0.292 e. The Bertz CT molecular complexity index is 504. The third-order valence-corrected chi connectivity index (χ3v) is 3.67. The zero-order chi connectivity index (χ0) is 14.9. The first kappa shape index (κ1) is 14.7. The van der Waals surface area contributed by atoms with E-state index >= 15 is 0 Å². The van der Waals surface area contributed by atoms with E-state index in [-0.39, 0.29) is 16.7 Å². The maximum absolute atomic E-state index is 11.2. The first-order valence-corrected chi connectivity index (χ1v) is 6.73. The van der Waals surface area contributed by atoms with Crippen LogP contribution in [0, 0.1) is 17.0 Å². The van der Waals surface area contributed by atoms with Gasteiger partial charge in [-0.1, -0.05) is 12.1 Å². The topological polar surface area (TPSA) is 69.8 Å². The smallest absolute Gasteiger partial charge is 0.292 e. The maximum atomic E-state index is 11.2. The second-order valence-electron chi connectivity index (χ2n) is 5.66. The van der Waals surface area contributed by atoms with Gasteiger partial charge in [-0.3, -0.25) is 10.1 Å². The highest BCUT2D eigenvalue weighted by molar-refractivity contribution is 5.68. The number of likely N-dealkylation sites (N-methyl/N-ethyl adjacent to an activating group) is 1. The lowest BCUT2D eigenvalue weighted by Gasteiger charge is -2.29. The van der Waals surface area contributed by atoms with Crippen LogP contribution in [0.5, 0.6) is 0 Å². The molecule has 1 N–H and O–H groups in total. The van der Waals surface area contributed by atoms with Crippen LogP contribution in [0.15, 0.2) is 18.2 Å². The number of aliphatic hydroxyl groups excluding tert-OH is 1. The van der Waals surface area contributed by atoms with Crippen LogP contribution in [-0.4, -0.2) is 54.3 Å². The van der Waals surface area contributed by atoms with E-state index in [1.165, 1.54) is 6.07 Å². The molecule has 110 valence electrons. The lowest BCUT2D eigenvalue weighted by molar-refractivity contribution is -0.384. The lowest BCUT2D eigenvalue weighted by atomic mass is 10.1. The van der Waals surface area contributed by atoms with E-state index in [0.29, 0.717) is 18.7 Å². The molecular weight excluding hydrogens is 258 g/mol. The number of benzene rings is 1. The standard InChI is InChI=1S/C14H21N3O3/c1-10-5-4-6-13(17(19)20)14(10)16-9-12(18)7-11(16)8-15(2)3/h4-6,11-12,18H,7-9H2,1-3H3. The largest absolute Gasteiger partial charge is 0.391 e. The molecule has 1 aromatic rings. The minimum atomic E-state index is -0.431. The second kappa shape index (κ2) is 5.76. The molecule has 1 aromatic carbocycles. The number of nitro benzene ring substituents is 1. The van der Waals surface area contributed by atoms with Gasteiger partial charge in [0.05, 0.1) is 11.0 Å². The molecule has 2 unspecified atom stereocenters. The average Bonchev–Trinajstić information content (AvgIpc) is 2.68. The first-order chi connectivity index (χ1) is 9.40. The molecule has 0 radical (unpaired) electrons. The number of nitrogens with zero attached hydrogens (tertiary/aromatic N) is 3. The molecule has 0 bridgehead atoms. The predicted octanol–water partition coefficient (Wildman–Crippen LogP) is 1.40. The fraction of sp³-hybridized carbons (Fsp3) is 0.571. The van der Waals surface area contributed by atoms with E-state index in [1.54, 1.807) is 6.07 Å². The quantitative estimate of drug-likeness (QED) is 0.666. The Morgan fingerprint density at radius 2 is 2.20 bits per heavy atom. The van der Waals surface area contributed by atoms with Crippen molar-refractivity contribution >= 4 is 11.4 Å². The molecule has 0 amide bonds. The van der Waals surface area contributed by atoms with Crippen LogP contribution in [0.25, 0.3) is 0 Å². The van der Waals surface area contributed by atoms with Gasteiger partial charge >= 0.3 is 0 Å². The first-order valence-electron chi connectivity index (χ1n) is 6.73. The van der Waals surface area contributed by atoms with Gasteiger partial charge < -0.3 is 14.9 Å². The van der Waals surface area contributed by atoms with Crippen LogP contribution < -0.4 is 4.90 Å². The number of rotatable bonds is 4. The van der Waals surface area contributed by atoms with Crippen molar-refractivity contribution in [1.29, 1.82) is 0 Å². The summed E-state index contributed by atoms with van der Waals surface area (Å²) in [6.45, 7) is 3.09. The molecule has 1 saturated heterocycles. The highest BCUT2D eigenvalue weighted by Crippen LogP contribution is 2.36. The van der Waals surface area contributed by atoms with Gasteiger partial charge in [0.25, 0.3) is 5.69 Å².